The lowest BCUT2D eigenvalue weighted by molar-refractivity contribution is -0.0658. The molecule has 0 aliphatic heterocycles. The molecule has 0 spiro atoms. The third-order valence-electron chi connectivity index (χ3n) is 4.03. The highest BCUT2D eigenvalue weighted by Gasteiger charge is 2.28. The predicted molar refractivity (Wildman–Crippen MR) is 75.4 cm³/mol. The van der Waals surface area contributed by atoms with Gasteiger partial charge >= 0.3 is 0 Å². The molecule has 0 saturated heterocycles. The van der Waals surface area contributed by atoms with Gasteiger partial charge < -0.3 is 29.9 Å². The van der Waals surface area contributed by atoms with E-state index in [0.717, 1.165) is 0 Å². The van der Waals surface area contributed by atoms with E-state index in [4.69, 9.17) is 9.47 Å². The predicted octanol–water partition coefficient (Wildman–Crippen LogP) is -0.218. The van der Waals surface area contributed by atoms with Gasteiger partial charge in [0.05, 0.1) is 52.9 Å². The molecule has 20 heavy (non-hydrogen) atoms. The van der Waals surface area contributed by atoms with Crippen LogP contribution in [0.15, 0.2) is 0 Å². The van der Waals surface area contributed by atoms with Crippen LogP contribution < -0.4 is 0 Å². The third-order valence-corrected chi connectivity index (χ3v) is 4.03. The topological polar surface area (TPSA) is 99.4 Å². The lowest BCUT2D eigenvalue weighted by Crippen LogP contribution is -2.36. The summed E-state index contributed by atoms with van der Waals surface area (Å²) >= 11 is 0. The maximum absolute atomic E-state index is 9.25. The summed E-state index contributed by atoms with van der Waals surface area (Å²) in [5.41, 5.74) is -1.19. The minimum absolute atomic E-state index is 0.116. The Hall–Kier alpha value is -0.240. The second-order valence-electron chi connectivity index (χ2n) is 5.44. The monoisotopic (exact) mass is 294 g/mol. The minimum Gasteiger partial charge on any atom is -0.396 e. The number of aliphatic hydroxyl groups is 4. The summed E-state index contributed by atoms with van der Waals surface area (Å²) in [5, 5.41) is 37.0. The zero-order valence-electron chi connectivity index (χ0n) is 12.7. The highest BCUT2D eigenvalue weighted by Crippen LogP contribution is 2.21. The molecule has 0 saturated carbocycles. The van der Waals surface area contributed by atoms with Gasteiger partial charge in [0.25, 0.3) is 0 Å². The van der Waals surface area contributed by atoms with Crippen molar-refractivity contribution in [2.45, 2.75) is 26.7 Å². The lowest BCUT2D eigenvalue weighted by Gasteiger charge is -2.29. The van der Waals surface area contributed by atoms with E-state index in [1.54, 1.807) is 0 Å². The van der Waals surface area contributed by atoms with Crippen molar-refractivity contribution in [3.8, 4) is 0 Å². The Balaban J connectivity index is 3.87. The fourth-order valence-corrected chi connectivity index (χ4v) is 1.63. The molecule has 0 heterocycles. The van der Waals surface area contributed by atoms with Crippen LogP contribution >= 0.6 is 0 Å². The van der Waals surface area contributed by atoms with Gasteiger partial charge in [-0.2, -0.15) is 0 Å². The molecule has 4 N–H and O–H groups in total. The van der Waals surface area contributed by atoms with E-state index in [0.29, 0.717) is 26.1 Å². The first-order valence-electron chi connectivity index (χ1n) is 7.16. The quantitative estimate of drug-likeness (QED) is 0.351. The van der Waals surface area contributed by atoms with Gasteiger partial charge in [0, 0.05) is 10.8 Å². The molecule has 0 aromatic rings. The van der Waals surface area contributed by atoms with Gasteiger partial charge in [-0.05, 0) is 12.8 Å². The molecule has 0 atom stereocenters. The second-order valence-corrected chi connectivity index (χ2v) is 5.44. The van der Waals surface area contributed by atoms with Crippen LogP contribution in [0, 0.1) is 10.8 Å². The van der Waals surface area contributed by atoms with E-state index >= 15 is 0 Å². The first-order chi connectivity index (χ1) is 9.57. The van der Waals surface area contributed by atoms with Crippen molar-refractivity contribution in [3.63, 3.8) is 0 Å². The summed E-state index contributed by atoms with van der Waals surface area (Å²) in [6, 6.07) is 0. The van der Waals surface area contributed by atoms with Crippen LogP contribution in [-0.4, -0.2) is 73.3 Å². The van der Waals surface area contributed by atoms with Crippen molar-refractivity contribution < 1.29 is 29.9 Å². The maximum Gasteiger partial charge on any atom is 0.0700 e. The van der Waals surface area contributed by atoms with E-state index in [1.807, 2.05) is 13.8 Å². The van der Waals surface area contributed by atoms with Crippen molar-refractivity contribution in [2.24, 2.45) is 10.8 Å². The Morgan fingerprint density at radius 2 is 0.950 bits per heavy atom. The van der Waals surface area contributed by atoms with Crippen LogP contribution in [0.5, 0.6) is 0 Å². The number of rotatable bonds is 13. The van der Waals surface area contributed by atoms with Crippen molar-refractivity contribution >= 4 is 0 Å². The van der Waals surface area contributed by atoms with Crippen molar-refractivity contribution in [1.82, 2.24) is 0 Å². The van der Waals surface area contributed by atoms with E-state index in [-0.39, 0.29) is 39.6 Å². The number of aliphatic hydroxyl groups excluding tert-OH is 4. The first-order valence-corrected chi connectivity index (χ1v) is 7.16. The molecule has 0 amide bonds. The summed E-state index contributed by atoms with van der Waals surface area (Å²) < 4.78 is 10.8. The molecule has 122 valence electrons. The Kier molecular flexibility index (Phi) is 10.4. The Morgan fingerprint density at radius 1 is 0.650 bits per heavy atom. The van der Waals surface area contributed by atoms with Crippen LogP contribution in [0.4, 0.5) is 0 Å². The lowest BCUT2D eigenvalue weighted by atomic mass is 9.88. The Labute approximate surface area is 121 Å². The molecule has 0 bridgehead atoms. The Bertz CT molecular complexity index is 185. The molecule has 0 aromatic heterocycles. The van der Waals surface area contributed by atoms with E-state index in [1.165, 1.54) is 0 Å². The van der Waals surface area contributed by atoms with Crippen molar-refractivity contribution in [3.05, 3.63) is 0 Å². The molecule has 6 nitrogen and oxygen atoms in total. The molecule has 0 fully saturated rings. The molecular weight excluding hydrogens is 264 g/mol. The number of ether oxygens (including phenoxy) is 2. The molecule has 0 aliphatic rings. The van der Waals surface area contributed by atoms with Crippen LogP contribution in [0.2, 0.25) is 0 Å². The molecule has 0 unspecified atom stereocenters. The van der Waals surface area contributed by atoms with Crippen LogP contribution in [-0.2, 0) is 9.47 Å². The maximum atomic E-state index is 9.25. The molecule has 0 rings (SSSR count). The third kappa shape index (κ3) is 6.03. The SMILES string of the molecule is CCC(CO)(CO)COCCOCC(CC)(CO)CO. The van der Waals surface area contributed by atoms with Crippen molar-refractivity contribution in [2.75, 3.05) is 52.9 Å². The standard InChI is InChI=1S/C14H30O6/c1-3-13(7-15,8-16)11-19-5-6-20-12-14(4-2,9-17)10-18/h15-18H,3-12H2,1-2H3. The van der Waals surface area contributed by atoms with Crippen LogP contribution in [0.3, 0.4) is 0 Å². The largest absolute Gasteiger partial charge is 0.396 e. The minimum atomic E-state index is -0.594. The van der Waals surface area contributed by atoms with Crippen molar-refractivity contribution in [1.29, 1.82) is 0 Å². The molecule has 0 radical (unpaired) electrons. The van der Waals surface area contributed by atoms with Gasteiger partial charge in [-0.25, -0.2) is 0 Å². The summed E-state index contributed by atoms with van der Waals surface area (Å²) in [6.07, 6.45) is 1.27. The highest BCUT2D eigenvalue weighted by atomic mass is 16.5. The number of hydrogen-bond donors (Lipinski definition) is 4. The van der Waals surface area contributed by atoms with E-state index in [2.05, 4.69) is 0 Å². The summed E-state index contributed by atoms with van der Waals surface area (Å²) in [6.45, 7) is 4.57. The smallest absolute Gasteiger partial charge is 0.0700 e. The fraction of sp³-hybridized carbons (Fsp3) is 1.00. The van der Waals surface area contributed by atoms with Gasteiger partial charge in [-0.3, -0.25) is 0 Å². The molecule has 6 heteroatoms. The van der Waals surface area contributed by atoms with Gasteiger partial charge in [0.1, 0.15) is 0 Å². The summed E-state index contributed by atoms with van der Waals surface area (Å²) in [7, 11) is 0. The average molecular weight is 294 g/mol. The Morgan fingerprint density at radius 3 is 1.15 bits per heavy atom. The van der Waals surface area contributed by atoms with Crippen LogP contribution in [0.25, 0.3) is 0 Å². The zero-order valence-corrected chi connectivity index (χ0v) is 12.7. The first kappa shape index (κ1) is 19.8. The fourth-order valence-electron chi connectivity index (χ4n) is 1.63. The average Bonchev–Trinajstić information content (AvgIpc) is 2.52. The molecular formula is C14H30O6. The normalized spacial score (nSPS) is 12.9. The van der Waals surface area contributed by atoms with Gasteiger partial charge in [0.2, 0.25) is 0 Å². The second kappa shape index (κ2) is 10.5. The molecule has 0 aromatic carbocycles. The van der Waals surface area contributed by atoms with E-state index < -0.39 is 10.8 Å². The van der Waals surface area contributed by atoms with E-state index in [9.17, 15) is 20.4 Å². The number of hydrogen-bond acceptors (Lipinski definition) is 6. The summed E-state index contributed by atoms with van der Waals surface area (Å²) in [4.78, 5) is 0. The van der Waals surface area contributed by atoms with Gasteiger partial charge in [-0.15, -0.1) is 0 Å². The van der Waals surface area contributed by atoms with Crippen LogP contribution in [0.1, 0.15) is 26.7 Å². The zero-order chi connectivity index (χ0) is 15.5. The van der Waals surface area contributed by atoms with Gasteiger partial charge in [-0.1, -0.05) is 13.8 Å². The molecule has 0 aliphatic carbocycles. The highest BCUT2D eigenvalue weighted by molar-refractivity contribution is 4.76. The van der Waals surface area contributed by atoms with Gasteiger partial charge in [0.15, 0.2) is 0 Å². The summed E-state index contributed by atoms with van der Waals surface area (Å²) in [5.74, 6) is 0.